The van der Waals surface area contributed by atoms with E-state index in [0.29, 0.717) is 18.1 Å². The van der Waals surface area contributed by atoms with E-state index in [1.54, 1.807) is 11.3 Å². The molecule has 1 aliphatic heterocycles. The highest BCUT2D eigenvalue weighted by atomic mass is 32.1. The Bertz CT molecular complexity index is 719. The molecule has 1 aliphatic rings. The van der Waals surface area contributed by atoms with Crippen LogP contribution in [0.1, 0.15) is 30.4 Å². The van der Waals surface area contributed by atoms with Gasteiger partial charge < -0.3 is 9.64 Å². The lowest BCUT2D eigenvalue weighted by molar-refractivity contribution is -0.133. The van der Waals surface area contributed by atoms with Crippen molar-refractivity contribution in [3.8, 4) is 11.8 Å². The van der Waals surface area contributed by atoms with Crippen LogP contribution >= 0.6 is 11.3 Å². The minimum absolute atomic E-state index is 0.0290. The topological polar surface area (TPSA) is 53.3 Å². The van der Waals surface area contributed by atoms with E-state index in [0.717, 1.165) is 18.5 Å². The smallest absolute Gasteiger partial charge is 0.260 e. The third-order valence-electron chi connectivity index (χ3n) is 4.48. The second-order valence-electron chi connectivity index (χ2n) is 6.15. The highest BCUT2D eigenvalue weighted by Crippen LogP contribution is 2.32. The fraction of sp³-hybridized carbons (Fsp3) is 0.368. The van der Waals surface area contributed by atoms with Gasteiger partial charge in [0.15, 0.2) is 6.61 Å². The zero-order valence-electron chi connectivity index (χ0n) is 13.6. The van der Waals surface area contributed by atoms with Crippen LogP contribution in [0.2, 0.25) is 0 Å². The summed E-state index contributed by atoms with van der Waals surface area (Å²) in [5.74, 6) is 1.12. The van der Waals surface area contributed by atoms with E-state index < -0.39 is 0 Å². The van der Waals surface area contributed by atoms with Gasteiger partial charge in [-0.05, 0) is 53.4 Å². The van der Waals surface area contributed by atoms with E-state index in [1.807, 2.05) is 29.2 Å². The van der Waals surface area contributed by atoms with Crippen LogP contribution in [-0.4, -0.2) is 30.0 Å². The number of thiophene rings is 1. The van der Waals surface area contributed by atoms with Gasteiger partial charge in [-0.3, -0.25) is 4.79 Å². The number of amides is 1. The summed E-state index contributed by atoms with van der Waals surface area (Å²) in [4.78, 5) is 14.4. The zero-order chi connectivity index (χ0) is 16.9. The molecule has 2 heterocycles. The minimum atomic E-state index is 0.0290. The van der Waals surface area contributed by atoms with Crippen molar-refractivity contribution in [1.29, 1.82) is 5.26 Å². The van der Waals surface area contributed by atoms with Crippen LogP contribution < -0.4 is 4.74 Å². The lowest BCUT2D eigenvalue weighted by Crippen LogP contribution is -2.37. The maximum Gasteiger partial charge on any atom is 0.260 e. The Hall–Kier alpha value is -2.32. The molecule has 1 saturated heterocycles. The number of hydrogen-bond donors (Lipinski definition) is 0. The highest BCUT2D eigenvalue weighted by Gasteiger charge is 2.33. The molecule has 124 valence electrons. The largest absolute Gasteiger partial charge is 0.484 e. The molecule has 0 radical (unpaired) electrons. The van der Waals surface area contributed by atoms with Crippen LogP contribution in [0, 0.1) is 11.3 Å². The molecule has 0 N–H and O–H groups in total. The molecular formula is C19H20N2O2S. The quantitative estimate of drug-likeness (QED) is 0.836. The van der Waals surface area contributed by atoms with E-state index in [4.69, 9.17) is 10.00 Å². The van der Waals surface area contributed by atoms with E-state index in [1.165, 1.54) is 5.56 Å². The molecule has 0 aliphatic carbocycles. The van der Waals surface area contributed by atoms with Crippen LogP contribution in [0.25, 0.3) is 0 Å². The Morgan fingerprint density at radius 1 is 1.38 bits per heavy atom. The maximum atomic E-state index is 12.5. The van der Waals surface area contributed by atoms with E-state index in [-0.39, 0.29) is 18.6 Å². The van der Waals surface area contributed by atoms with Crippen molar-refractivity contribution in [3.05, 3.63) is 52.2 Å². The number of rotatable bonds is 5. The molecule has 24 heavy (non-hydrogen) atoms. The van der Waals surface area contributed by atoms with Gasteiger partial charge in [-0.15, -0.1) is 0 Å². The Morgan fingerprint density at radius 2 is 2.17 bits per heavy atom. The number of hydrogen-bond acceptors (Lipinski definition) is 4. The Labute approximate surface area is 146 Å². The van der Waals surface area contributed by atoms with Gasteiger partial charge >= 0.3 is 0 Å². The number of ether oxygens (including phenoxy) is 1. The van der Waals surface area contributed by atoms with Crippen molar-refractivity contribution >= 4 is 17.2 Å². The predicted octanol–water partition coefficient (Wildman–Crippen LogP) is 3.60. The minimum Gasteiger partial charge on any atom is -0.484 e. The molecule has 3 rings (SSSR count). The van der Waals surface area contributed by atoms with E-state index >= 15 is 0 Å². The molecule has 1 aromatic carbocycles. The first-order valence-electron chi connectivity index (χ1n) is 8.07. The molecule has 5 heteroatoms. The number of nitriles is 1. The normalized spacial score (nSPS) is 19.9. The first-order valence-corrected chi connectivity index (χ1v) is 9.02. The number of carbonyl (C=O) groups excluding carboxylic acids is 1. The number of carbonyl (C=O) groups is 1. The van der Waals surface area contributed by atoms with Crippen LogP contribution in [0.3, 0.4) is 0 Å². The fourth-order valence-corrected chi connectivity index (χ4v) is 3.89. The third-order valence-corrected chi connectivity index (χ3v) is 5.18. The van der Waals surface area contributed by atoms with Gasteiger partial charge in [0.2, 0.25) is 0 Å². The maximum absolute atomic E-state index is 12.5. The van der Waals surface area contributed by atoms with Crippen molar-refractivity contribution in [2.24, 2.45) is 0 Å². The van der Waals surface area contributed by atoms with Gasteiger partial charge in [-0.1, -0.05) is 12.1 Å². The average molecular weight is 340 g/mol. The molecule has 0 bridgehead atoms. The van der Waals surface area contributed by atoms with Crippen LogP contribution in [0.5, 0.6) is 5.75 Å². The van der Waals surface area contributed by atoms with E-state index in [9.17, 15) is 4.79 Å². The predicted molar refractivity (Wildman–Crippen MR) is 94.1 cm³/mol. The molecule has 2 atom stereocenters. The average Bonchev–Trinajstić information content (AvgIpc) is 3.23. The van der Waals surface area contributed by atoms with Gasteiger partial charge in [0, 0.05) is 18.5 Å². The summed E-state index contributed by atoms with van der Waals surface area (Å²) in [6.45, 7) is 2.92. The molecule has 0 spiro atoms. The molecule has 1 fully saturated rings. The number of nitrogens with zero attached hydrogens (tertiary/aromatic N) is 2. The second-order valence-corrected chi connectivity index (χ2v) is 6.93. The van der Waals surface area contributed by atoms with Crippen molar-refractivity contribution in [2.45, 2.75) is 31.7 Å². The van der Waals surface area contributed by atoms with Crippen molar-refractivity contribution < 1.29 is 9.53 Å². The van der Waals surface area contributed by atoms with Gasteiger partial charge in [-0.25, -0.2) is 0 Å². The monoisotopic (exact) mass is 340 g/mol. The van der Waals surface area contributed by atoms with Crippen LogP contribution in [0.4, 0.5) is 0 Å². The molecule has 4 nitrogen and oxygen atoms in total. The molecule has 1 aromatic heterocycles. The Kier molecular flexibility index (Phi) is 5.17. The summed E-state index contributed by atoms with van der Waals surface area (Å²) in [5, 5.41) is 12.9. The molecular weight excluding hydrogens is 320 g/mol. The van der Waals surface area contributed by atoms with Crippen molar-refractivity contribution in [2.75, 3.05) is 13.2 Å². The summed E-state index contributed by atoms with van der Waals surface area (Å²) < 4.78 is 5.62. The standard InChI is InChI=1S/C19H20N2O2S/c1-14-10-17(16-7-9-24-13-16)11-21(14)19(22)12-23-18-4-2-15(3-5-18)6-8-20/h2-5,7,9,13-14,17H,6,10-12H2,1H3. The van der Waals surface area contributed by atoms with E-state index in [2.05, 4.69) is 29.8 Å². The number of likely N-dealkylation sites (tertiary alicyclic amines) is 1. The SMILES string of the molecule is CC1CC(c2ccsc2)CN1C(=O)COc1ccc(CC#N)cc1. The third kappa shape index (κ3) is 3.77. The van der Waals surface area contributed by atoms with Crippen LogP contribution in [0.15, 0.2) is 41.1 Å². The first-order chi connectivity index (χ1) is 11.7. The van der Waals surface area contributed by atoms with Crippen molar-refractivity contribution in [3.63, 3.8) is 0 Å². The van der Waals surface area contributed by atoms with Gasteiger partial charge in [0.1, 0.15) is 5.75 Å². The summed E-state index contributed by atoms with van der Waals surface area (Å²) in [6, 6.07) is 11.8. The fourth-order valence-electron chi connectivity index (χ4n) is 3.15. The first kappa shape index (κ1) is 16.5. The lowest BCUT2D eigenvalue weighted by atomic mass is 10.00. The lowest BCUT2D eigenvalue weighted by Gasteiger charge is -2.21. The Morgan fingerprint density at radius 3 is 2.83 bits per heavy atom. The van der Waals surface area contributed by atoms with Gasteiger partial charge in [0.25, 0.3) is 5.91 Å². The molecule has 0 saturated carbocycles. The van der Waals surface area contributed by atoms with Gasteiger partial charge in [-0.2, -0.15) is 16.6 Å². The number of benzene rings is 1. The molecule has 1 amide bonds. The molecule has 2 aromatic rings. The Balaban J connectivity index is 1.54. The summed E-state index contributed by atoms with van der Waals surface area (Å²) >= 11 is 1.70. The molecule has 2 unspecified atom stereocenters. The highest BCUT2D eigenvalue weighted by molar-refractivity contribution is 7.07. The zero-order valence-corrected chi connectivity index (χ0v) is 14.5. The van der Waals surface area contributed by atoms with Crippen LogP contribution in [-0.2, 0) is 11.2 Å². The van der Waals surface area contributed by atoms with Crippen molar-refractivity contribution in [1.82, 2.24) is 4.90 Å². The summed E-state index contributed by atoms with van der Waals surface area (Å²) in [7, 11) is 0. The summed E-state index contributed by atoms with van der Waals surface area (Å²) in [5.41, 5.74) is 2.28. The second kappa shape index (κ2) is 7.50. The summed E-state index contributed by atoms with van der Waals surface area (Å²) in [6.07, 6.45) is 1.39. The van der Waals surface area contributed by atoms with Gasteiger partial charge in [0.05, 0.1) is 12.5 Å².